The molecule has 0 atom stereocenters. The number of rotatable bonds is 8. The number of hydrogen-bond donors (Lipinski definition) is 3. The lowest BCUT2D eigenvalue weighted by atomic mass is 10.1. The number of hydrogen-bond acceptors (Lipinski definition) is 6. The maximum Gasteiger partial charge on any atom is 0.340 e. The summed E-state index contributed by atoms with van der Waals surface area (Å²) in [6, 6.07) is 6.17. The molecule has 0 aliphatic heterocycles. The van der Waals surface area contributed by atoms with Crippen molar-refractivity contribution in [2.45, 2.75) is 44.2 Å². The molecule has 0 fully saturated rings. The van der Waals surface area contributed by atoms with E-state index in [2.05, 4.69) is 10.2 Å². The highest BCUT2D eigenvalue weighted by Gasteiger charge is 2.22. The first kappa shape index (κ1) is 17.5. The van der Waals surface area contributed by atoms with Gasteiger partial charge in [0.15, 0.2) is 0 Å². The van der Waals surface area contributed by atoms with Crippen LogP contribution in [0.2, 0.25) is 0 Å². The topological polar surface area (TPSA) is 118 Å². The van der Waals surface area contributed by atoms with Gasteiger partial charge in [0.2, 0.25) is 0 Å². The monoisotopic (exact) mass is 339 g/mol. The molecule has 0 spiro atoms. The van der Waals surface area contributed by atoms with Gasteiger partial charge in [-0.3, -0.25) is 5.10 Å². The van der Waals surface area contributed by atoms with Crippen LogP contribution in [0.15, 0.2) is 29.2 Å². The van der Waals surface area contributed by atoms with Crippen molar-refractivity contribution in [1.29, 1.82) is 0 Å². The Balaban J connectivity index is 2.27. The van der Waals surface area contributed by atoms with Gasteiger partial charge < -0.3 is 15.0 Å². The fraction of sp³-hybridized carbons (Fsp3) is 0.400. The highest BCUT2D eigenvalue weighted by Crippen LogP contribution is 2.25. The summed E-state index contributed by atoms with van der Waals surface area (Å²) in [5.41, 5.74) is 7.40. The van der Waals surface area contributed by atoms with Crippen molar-refractivity contribution >= 4 is 10.1 Å². The quantitative estimate of drug-likeness (QED) is 0.627. The highest BCUT2D eigenvalue weighted by atomic mass is 32.2. The molecule has 23 heavy (non-hydrogen) atoms. The van der Waals surface area contributed by atoms with E-state index in [1.54, 1.807) is 12.1 Å². The van der Waals surface area contributed by atoms with Crippen LogP contribution >= 0.6 is 0 Å². The van der Waals surface area contributed by atoms with Gasteiger partial charge in [0.25, 0.3) is 5.88 Å². The third-order valence-electron chi connectivity index (χ3n) is 3.49. The van der Waals surface area contributed by atoms with E-state index in [9.17, 15) is 13.5 Å². The number of aliphatic hydroxyl groups is 1. The van der Waals surface area contributed by atoms with Crippen molar-refractivity contribution < 1.29 is 17.7 Å². The van der Waals surface area contributed by atoms with Crippen LogP contribution in [0.4, 0.5) is 0 Å². The van der Waals surface area contributed by atoms with Crippen molar-refractivity contribution in [2.24, 2.45) is 5.73 Å². The lowest BCUT2D eigenvalue weighted by Gasteiger charge is -2.08. The normalized spacial score (nSPS) is 11.6. The Morgan fingerprint density at radius 2 is 2.00 bits per heavy atom. The van der Waals surface area contributed by atoms with Crippen LogP contribution < -0.4 is 9.92 Å². The van der Waals surface area contributed by atoms with E-state index in [0.29, 0.717) is 24.2 Å². The van der Waals surface area contributed by atoms with Crippen molar-refractivity contribution in [2.75, 3.05) is 0 Å². The lowest BCUT2D eigenvalue weighted by Crippen LogP contribution is -2.11. The van der Waals surface area contributed by atoms with Gasteiger partial charge in [0, 0.05) is 12.1 Å². The van der Waals surface area contributed by atoms with Gasteiger partial charge in [-0.2, -0.15) is 8.42 Å². The lowest BCUT2D eigenvalue weighted by molar-refractivity contribution is 0.275. The number of benzene rings is 1. The minimum absolute atomic E-state index is 0.00889. The molecule has 0 amide bonds. The second-order valence-electron chi connectivity index (χ2n) is 5.13. The molecular formula is C15H21N3O4S. The van der Waals surface area contributed by atoms with Gasteiger partial charge in [0.1, 0.15) is 4.90 Å². The Morgan fingerprint density at radius 1 is 1.30 bits per heavy atom. The maximum atomic E-state index is 12.4. The molecule has 0 unspecified atom stereocenters. The first-order valence-electron chi connectivity index (χ1n) is 7.42. The van der Waals surface area contributed by atoms with E-state index in [-0.39, 0.29) is 17.4 Å². The molecule has 0 aliphatic carbocycles. The van der Waals surface area contributed by atoms with Crippen molar-refractivity contribution in [3.63, 3.8) is 0 Å². The molecule has 1 heterocycles. The number of aliphatic hydroxyl groups excluding tert-OH is 1. The van der Waals surface area contributed by atoms with Gasteiger partial charge in [-0.1, -0.05) is 25.5 Å². The average Bonchev–Trinajstić information content (AvgIpc) is 2.94. The van der Waals surface area contributed by atoms with Gasteiger partial charge >= 0.3 is 10.1 Å². The summed E-state index contributed by atoms with van der Waals surface area (Å²) in [5, 5.41) is 15.8. The number of aromatic amines is 1. The Morgan fingerprint density at radius 3 is 2.57 bits per heavy atom. The van der Waals surface area contributed by atoms with Crippen LogP contribution in [0.3, 0.4) is 0 Å². The van der Waals surface area contributed by atoms with E-state index in [0.717, 1.165) is 18.4 Å². The molecule has 8 heteroatoms. The third kappa shape index (κ3) is 4.10. The smallest absolute Gasteiger partial charge is 0.340 e. The van der Waals surface area contributed by atoms with E-state index in [4.69, 9.17) is 9.92 Å². The van der Waals surface area contributed by atoms with Crippen LogP contribution in [0.25, 0.3) is 0 Å². The largest absolute Gasteiger partial charge is 0.390 e. The summed E-state index contributed by atoms with van der Waals surface area (Å²) in [5.74, 6) is -0.00889. The second kappa shape index (κ2) is 7.58. The summed E-state index contributed by atoms with van der Waals surface area (Å²) in [7, 11) is -3.99. The molecule has 126 valence electrons. The van der Waals surface area contributed by atoms with Crippen LogP contribution in [0.5, 0.6) is 5.88 Å². The Kier molecular flexibility index (Phi) is 5.75. The van der Waals surface area contributed by atoms with Crippen molar-refractivity contribution in [1.82, 2.24) is 10.2 Å². The highest BCUT2D eigenvalue weighted by molar-refractivity contribution is 7.87. The molecule has 2 aromatic rings. The first-order chi connectivity index (χ1) is 11.0. The number of H-pyrrole nitrogens is 1. The van der Waals surface area contributed by atoms with Crippen LogP contribution in [0, 0.1) is 0 Å². The van der Waals surface area contributed by atoms with E-state index in [1.807, 2.05) is 6.92 Å². The molecule has 1 aromatic carbocycles. The van der Waals surface area contributed by atoms with Crippen LogP contribution in [0.1, 0.15) is 36.6 Å². The molecule has 0 radical (unpaired) electrons. The van der Waals surface area contributed by atoms with Crippen LogP contribution in [-0.2, 0) is 29.7 Å². The first-order valence-corrected chi connectivity index (χ1v) is 8.83. The second-order valence-corrected chi connectivity index (χ2v) is 6.68. The predicted molar refractivity (Wildman–Crippen MR) is 85.3 cm³/mol. The fourth-order valence-corrected chi connectivity index (χ4v) is 3.05. The molecule has 4 N–H and O–H groups in total. The fourth-order valence-electron chi connectivity index (χ4n) is 2.14. The van der Waals surface area contributed by atoms with Gasteiger partial charge in [-0.15, -0.1) is 5.10 Å². The maximum absolute atomic E-state index is 12.4. The third-order valence-corrected chi connectivity index (χ3v) is 4.72. The van der Waals surface area contributed by atoms with Gasteiger partial charge in [-0.25, -0.2) is 0 Å². The standard InChI is InChI=1S/C15H21N3O4S/c1-2-3-4-13-14(10-19)17-18-15(13)22-23(20,21)12-7-5-11(9-16)6-8-12/h5-8,19H,2-4,9-10,16H2,1H3,(H,17,18). The summed E-state index contributed by atoms with van der Waals surface area (Å²) in [6.07, 6.45) is 2.36. The number of unbranched alkanes of at least 4 members (excludes halogenated alkanes) is 1. The molecule has 0 saturated heterocycles. The molecule has 2 rings (SSSR count). The SMILES string of the molecule is CCCCc1c(OS(=O)(=O)c2ccc(CN)cc2)n[nH]c1CO. The van der Waals surface area contributed by atoms with Gasteiger partial charge in [-0.05, 0) is 30.5 Å². The molecule has 7 nitrogen and oxygen atoms in total. The minimum atomic E-state index is -3.99. The minimum Gasteiger partial charge on any atom is -0.390 e. The number of nitrogens with two attached hydrogens (primary N) is 1. The zero-order chi connectivity index (χ0) is 16.9. The predicted octanol–water partition coefficient (Wildman–Crippen LogP) is 1.47. The number of nitrogens with one attached hydrogen (secondary N) is 1. The summed E-state index contributed by atoms with van der Waals surface area (Å²) in [6.45, 7) is 2.11. The number of aromatic nitrogens is 2. The Bertz CT molecular complexity index is 739. The summed E-state index contributed by atoms with van der Waals surface area (Å²) < 4.78 is 29.9. The van der Waals surface area contributed by atoms with Crippen molar-refractivity contribution in [3.05, 3.63) is 41.1 Å². The zero-order valence-corrected chi connectivity index (χ0v) is 13.8. The summed E-state index contributed by atoms with van der Waals surface area (Å²) in [4.78, 5) is 0.0321. The zero-order valence-electron chi connectivity index (χ0n) is 12.9. The van der Waals surface area contributed by atoms with Crippen molar-refractivity contribution in [3.8, 4) is 5.88 Å². The summed E-state index contributed by atoms with van der Waals surface area (Å²) >= 11 is 0. The van der Waals surface area contributed by atoms with E-state index in [1.165, 1.54) is 12.1 Å². The van der Waals surface area contributed by atoms with E-state index < -0.39 is 10.1 Å². The molecular weight excluding hydrogens is 318 g/mol. The Hall–Kier alpha value is -1.90. The van der Waals surface area contributed by atoms with Crippen LogP contribution in [-0.4, -0.2) is 23.7 Å². The van der Waals surface area contributed by atoms with E-state index >= 15 is 0 Å². The molecule has 1 aromatic heterocycles. The molecule has 0 bridgehead atoms. The Labute approximate surface area is 135 Å². The average molecular weight is 339 g/mol. The molecule has 0 saturated carbocycles. The molecule has 0 aliphatic rings. The number of nitrogens with zero attached hydrogens (tertiary/aromatic N) is 1. The van der Waals surface area contributed by atoms with Gasteiger partial charge in [0.05, 0.1) is 12.3 Å².